The van der Waals surface area contributed by atoms with Gasteiger partial charge in [-0.25, -0.2) is 0 Å². The second-order valence-electron chi connectivity index (χ2n) is 11.2. The van der Waals surface area contributed by atoms with E-state index >= 15 is 0 Å². The van der Waals surface area contributed by atoms with Crippen LogP contribution in [-0.2, 0) is 19.1 Å². The molecule has 0 saturated heterocycles. The van der Waals surface area contributed by atoms with Gasteiger partial charge in [0.25, 0.3) is 0 Å². The van der Waals surface area contributed by atoms with Crippen molar-refractivity contribution in [2.75, 3.05) is 13.2 Å². The van der Waals surface area contributed by atoms with Gasteiger partial charge in [0.2, 0.25) is 0 Å². The second kappa shape index (κ2) is 24.6. The molecule has 0 radical (unpaired) electrons. The SMILES string of the molecule is CC(C)CCCCCCCCCCCC(=O)OC[C@@H](O)COC(=O)CCCCCCCCC(C)C. The lowest BCUT2D eigenvalue weighted by Gasteiger charge is -2.12. The highest BCUT2D eigenvalue weighted by Gasteiger charge is 2.12. The Morgan fingerprint density at radius 2 is 0.800 bits per heavy atom. The zero-order valence-electron chi connectivity index (χ0n) is 23.7. The lowest BCUT2D eigenvalue weighted by molar-refractivity contribution is -0.152. The van der Waals surface area contributed by atoms with E-state index in [2.05, 4.69) is 27.7 Å². The molecule has 0 rings (SSSR count). The van der Waals surface area contributed by atoms with Crippen LogP contribution in [0.25, 0.3) is 0 Å². The highest BCUT2D eigenvalue weighted by Crippen LogP contribution is 2.14. The number of carbonyl (C=O) groups is 2. The number of aliphatic hydroxyl groups is 1. The number of hydrogen-bond acceptors (Lipinski definition) is 5. The Balaban J connectivity index is 3.45. The largest absolute Gasteiger partial charge is 0.463 e. The molecule has 0 aromatic heterocycles. The van der Waals surface area contributed by atoms with E-state index in [0.717, 1.165) is 50.4 Å². The summed E-state index contributed by atoms with van der Waals surface area (Å²) >= 11 is 0. The fraction of sp³-hybridized carbons (Fsp3) is 0.933. The molecule has 0 aromatic rings. The summed E-state index contributed by atoms with van der Waals surface area (Å²) in [6, 6.07) is 0. The molecular formula is C30H58O5. The van der Waals surface area contributed by atoms with E-state index in [1.54, 1.807) is 0 Å². The van der Waals surface area contributed by atoms with Gasteiger partial charge < -0.3 is 14.6 Å². The first-order valence-corrected chi connectivity index (χ1v) is 14.8. The van der Waals surface area contributed by atoms with Crippen molar-refractivity contribution in [2.24, 2.45) is 11.8 Å². The maximum absolute atomic E-state index is 11.8. The van der Waals surface area contributed by atoms with Crippen LogP contribution in [-0.4, -0.2) is 36.4 Å². The first kappa shape index (κ1) is 33.9. The summed E-state index contributed by atoms with van der Waals surface area (Å²) in [5.41, 5.74) is 0. The van der Waals surface area contributed by atoms with Crippen molar-refractivity contribution in [1.29, 1.82) is 0 Å². The van der Waals surface area contributed by atoms with Crippen LogP contribution in [0.15, 0.2) is 0 Å². The van der Waals surface area contributed by atoms with Crippen LogP contribution in [0, 0.1) is 11.8 Å². The lowest BCUT2D eigenvalue weighted by atomic mass is 10.0. The Hall–Kier alpha value is -1.10. The van der Waals surface area contributed by atoms with Crippen molar-refractivity contribution in [3.8, 4) is 0 Å². The van der Waals surface area contributed by atoms with Gasteiger partial charge in [0.1, 0.15) is 19.3 Å². The summed E-state index contributed by atoms with van der Waals surface area (Å²) in [4.78, 5) is 23.6. The van der Waals surface area contributed by atoms with Gasteiger partial charge in [-0.15, -0.1) is 0 Å². The van der Waals surface area contributed by atoms with Gasteiger partial charge >= 0.3 is 11.9 Å². The van der Waals surface area contributed by atoms with Crippen LogP contribution in [0.3, 0.4) is 0 Å². The first-order valence-electron chi connectivity index (χ1n) is 14.8. The molecule has 0 saturated carbocycles. The zero-order valence-corrected chi connectivity index (χ0v) is 23.7. The molecule has 35 heavy (non-hydrogen) atoms. The Bertz CT molecular complexity index is 489. The van der Waals surface area contributed by atoms with Crippen LogP contribution in [0.4, 0.5) is 0 Å². The molecule has 0 aliphatic rings. The molecule has 0 heterocycles. The average Bonchev–Trinajstić information content (AvgIpc) is 2.81. The normalized spacial score (nSPS) is 12.3. The van der Waals surface area contributed by atoms with Crippen molar-refractivity contribution in [3.63, 3.8) is 0 Å². The maximum Gasteiger partial charge on any atom is 0.305 e. The van der Waals surface area contributed by atoms with Crippen molar-refractivity contribution in [2.45, 2.75) is 156 Å². The third-order valence-corrected chi connectivity index (χ3v) is 6.45. The summed E-state index contributed by atoms with van der Waals surface area (Å²) in [5.74, 6) is 1.03. The lowest BCUT2D eigenvalue weighted by Crippen LogP contribution is -2.25. The van der Waals surface area contributed by atoms with Gasteiger partial charge in [0.15, 0.2) is 0 Å². The number of rotatable bonds is 25. The monoisotopic (exact) mass is 498 g/mol. The predicted molar refractivity (Wildman–Crippen MR) is 145 cm³/mol. The molecule has 0 spiro atoms. The van der Waals surface area contributed by atoms with Gasteiger partial charge in [-0.05, 0) is 24.7 Å². The van der Waals surface area contributed by atoms with Gasteiger partial charge in [0.05, 0.1) is 0 Å². The van der Waals surface area contributed by atoms with E-state index in [9.17, 15) is 14.7 Å². The Kier molecular flexibility index (Phi) is 23.8. The Morgan fingerprint density at radius 1 is 0.514 bits per heavy atom. The van der Waals surface area contributed by atoms with Crippen LogP contribution in [0.5, 0.6) is 0 Å². The minimum Gasteiger partial charge on any atom is -0.463 e. The van der Waals surface area contributed by atoms with Crippen LogP contribution >= 0.6 is 0 Å². The molecule has 0 aliphatic carbocycles. The molecule has 0 unspecified atom stereocenters. The quantitative estimate of drug-likeness (QED) is 0.101. The van der Waals surface area contributed by atoms with Crippen molar-refractivity contribution in [1.82, 2.24) is 0 Å². The third-order valence-electron chi connectivity index (χ3n) is 6.45. The van der Waals surface area contributed by atoms with E-state index < -0.39 is 6.10 Å². The number of ether oxygens (including phenoxy) is 2. The summed E-state index contributed by atoms with van der Waals surface area (Å²) in [5, 5.41) is 9.90. The Morgan fingerprint density at radius 3 is 1.11 bits per heavy atom. The minimum atomic E-state index is -0.954. The fourth-order valence-corrected chi connectivity index (χ4v) is 4.16. The van der Waals surface area contributed by atoms with Crippen molar-refractivity contribution < 1.29 is 24.2 Å². The molecular weight excluding hydrogens is 440 g/mol. The smallest absolute Gasteiger partial charge is 0.305 e. The van der Waals surface area contributed by atoms with E-state index in [1.807, 2.05) is 0 Å². The minimum absolute atomic E-state index is 0.112. The maximum atomic E-state index is 11.8. The molecule has 5 nitrogen and oxygen atoms in total. The number of aliphatic hydroxyl groups excluding tert-OH is 1. The van der Waals surface area contributed by atoms with Gasteiger partial charge in [-0.1, -0.05) is 124 Å². The standard InChI is InChI=1S/C30H58O5/c1-26(2)20-16-12-8-6-5-7-9-14-18-22-29(32)34-24-28(31)25-35-30(33)23-19-15-11-10-13-17-21-27(3)4/h26-28,31H,5-25H2,1-4H3/t28-/m1/s1. The van der Waals surface area contributed by atoms with E-state index in [4.69, 9.17) is 9.47 Å². The molecule has 1 atom stereocenters. The highest BCUT2D eigenvalue weighted by molar-refractivity contribution is 5.69. The predicted octanol–water partition coefficient (Wildman–Crippen LogP) is 8.16. The molecule has 0 aromatic carbocycles. The fourth-order valence-electron chi connectivity index (χ4n) is 4.16. The second-order valence-corrected chi connectivity index (χ2v) is 11.2. The average molecular weight is 499 g/mol. The molecule has 5 heteroatoms. The third kappa shape index (κ3) is 27.3. The highest BCUT2D eigenvalue weighted by atomic mass is 16.6. The molecule has 0 aliphatic heterocycles. The summed E-state index contributed by atoms with van der Waals surface area (Å²) in [7, 11) is 0. The number of esters is 2. The van der Waals surface area contributed by atoms with Crippen LogP contribution < -0.4 is 0 Å². The van der Waals surface area contributed by atoms with Crippen molar-refractivity contribution >= 4 is 11.9 Å². The molecule has 1 N–H and O–H groups in total. The number of hydrogen-bond donors (Lipinski definition) is 1. The number of carbonyl (C=O) groups excluding carboxylic acids is 2. The first-order chi connectivity index (χ1) is 16.8. The molecule has 208 valence electrons. The topological polar surface area (TPSA) is 72.8 Å². The summed E-state index contributed by atoms with van der Waals surface area (Å²) < 4.78 is 10.2. The van der Waals surface area contributed by atoms with Gasteiger partial charge in [0, 0.05) is 12.8 Å². The van der Waals surface area contributed by atoms with Crippen LogP contribution in [0.2, 0.25) is 0 Å². The van der Waals surface area contributed by atoms with Gasteiger partial charge in [-0.3, -0.25) is 9.59 Å². The number of unbranched alkanes of at least 4 members (excludes halogenated alkanes) is 13. The van der Waals surface area contributed by atoms with E-state index in [1.165, 1.54) is 70.6 Å². The molecule has 0 amide bonds. The Labute approximate surface area is 217 Å². The zero-order chi connectivity index (χ0) is 26.2. The van der Waals surface area contributed by atoms with E-state index in [0.29, 0.717) is 12.8 Å². The van der Waals surface area contributed by atoms with E-state index in [-0.39, 0.29) is 25.2 Å². The van der Waals surface area contributed by atoms with Gasteiger partial charge in [-0.2, -0.15) is 0 Å². The van der Waals surface area contributed by atoms with Crippen LogP contribution in [0.1, 0.15) is 150 Å². The van der Waals surface area contributed by atoms with Crippen molar-refractivity contribution in [3.05, 3.63) is 0 Å². The summed E-state index contributed by atoms with van der Waals surface area (Å²) in [6.45, 7) is 8.86. The summed E-state index contributed by atoms with van der Waals surface area (Å²) in [6.07, 6.45) is 20.2. The molecule has 0 bridgehead atoms. The molecule has 0 fully saturated rings.